The maximum atomic E-state index is 13.2. The van der Waals surface area contributed by atoms with Crippen LogP contribution >= 0.6 is 11.8 Å². The van der Waals surface area contributed by atoms with Crippen LogP contribution in [0.4, 0.5) is 17.1 Å². The summed E-state index contributed by atoms with van der Waals surface area (Å²) in [6.45, 7) is 13.1. The molecule has 3 rings (SSSR count). The van der Waals surface area contributed by atoms with Crippen LogP contribution in [0.25, 0.3) is 5.70 Å². The summed E-state index contributed by atoms with van der Waals surface area (Å²) in [4.78, 5) is 13.5. The van der Waals surface area contributed by atoms with Crippen LogP contribution in [0.1, 0.15) is 45.6 Å². The maximum Gasteiger partial charge on any atom is 0.293 e. The molecule has 1 aliphatic heterocycles. The summed E-state index contributed by atoms with van der Waals surface area (Å²) in [5.74, 6) is 0.707. The zero-order valence-electron chi connectivity index (χ0n) is 23.8. The van der Waals surface area contributed by atoms with Gasteiger partial charge in [0.1, 0.15) is 5.69 Å². The molecule has 0 spiro atoms. The number of piperidine rings is 1. The summed E-state index contributed by atoms with van der Waals surface area (Å²) in [6.07, 6.45) is 4.92. The normalized spacial score (nSPS) is 16.1. The lowest BCUT2D eigenvalue weighted by molar-refractivity contribution is -0.384. The third kappa shape index (κ3) is 8.74. The van der Waals surface area contributed by atoms with Crippen LogP contribution in [0.15, 0.2) is 65.4 Å². The minimum absolute atomic E-state index is 0.0490. The number of hydrogen-bond acceptors (Lipinski definition) is 8. The number of nitro benzene ring substituents is 1. The first kappa shape index (κ1) is 31.5. The third-order valence-corrected chi connectivity index (χ3v) is 9.51. The standard InChI is InChI=1S/C29H41N5O4S2/c1-6-19-39-21-24(13-16-30-5)31-27-12-11-26(20-28(27)34(35)36)40(37,38)32-22(2)23-7-9-25(10-8-23)33-17-14-29(3,4)15-18-33/h6-12,19-20,24,30-32H,2,13-18,21H2,1,3-5H3/b19-6+/t24-/m1/s1. The fraction of sp³-hybridized carbons (Fsp3) is 0.448. The van der Waals surface area contributed by atoms with Crippen molar-refractivity contribution in [2.75, 3.05) is 42.7 Å². The Hall–Kier alpha value is -3.02. The number of rotatable bonds is 14. The van der Waals surface area contributed by atoms with E-state index in [4.69, 9.17) is 0 Å². The van der Waals surface area contributed by atoms with Crippen molar-refractivity contribution in [2.24, 2.45) is 5.41 Å². The van der Waals surface area contributed by atoms with Crippen molar-refractivity contribution in [1.82, 2.24) is 10.0 Å². The number of sulfonamides is 1. The Balaban J connectivity index is 1.73. The fourth-order valence-electron chi connectivity index (χ4n) is 4.48. The summed E-state index contributed by atoms with van der Waals surface area (Å²) in [5, 5.41) is 20.2. The molecule has 40 heavy (non-hydrogen) atoms. The van der Waals surface area contributed by atoms with Crippen LogP contribution in [-0.2, 0) is 10.0 Å². The highest BCUT2D eigenvalue weighted by atomic mass is 32.2. The van der Waals surface area contributed by atoms with E-state index in [0.29, 0.717) is 16.7 Å². The van der Waals surface area contributed by atoms with Gasteiger partial charge in [-0.15, -0.1) is 11.8 Å². The molecule has 1 fully saturated rings. The van der Waals surface area contributed by atoms with E-state index in [0.717, 1.165) is 50.7 Å². The quantitative estimate of drug-likeness (QED) is 0.187. The maximum absolute atomic E-state index is 13.2. The van der Waals surface area contributed by atoms with E-state index in [2.05, 4.69) is 40.7 Å². The van der Waals surface area contributed by atoms with Crippen molar-refractivity contribution in [2.45, 2.75) is 51.0 Å². The number of thioether (sulfide) groups is 1. The number of hydrogen-bond donors (Lipinski definition) is 3. The Bertz CT molecular complexity index is 1300. The summed E-state index contributed by atoms with van der Waals surface area (Å²) in [5.41, 5.74) is 2.25. The first-order chi connectivity index (χ1) is 19.0. The largest absolute Gasteiger partial charge is 0.376 e. The van der Waals surface area contributed by atoms with E-state index >= 15 is 0 Å². The van der Waals surface area contributed by atoms with Crippen molar-refractivity contribution in [1.29, 1.82) is 0 Å². The summed E-state index contributed by atoms with van der Waals surface area (Å²) in [7, 11) is -2.25. The second-order valence-corrected chi connectivity index (χ2v) is 13.4. The van der Waals surface area contributed by atoms with Gasteiger partial charge in [0, 0.05) is 42.3 Å². The monoisotopic (exact) mass is 587 g/mol. The molecule has 218 valence electrons. The zero-order valence-corrected chi connectivity index (χ0v) is 25.4. The van der Waals surface area contributed by atoms with Crippen LogP contribution in [0, 0.1) is 15.5 Å². The van der Waals surface area contributed by atoms with Crippen LogP contribution in [0.3, 0.4) is 0 Å². The van der Waals surface area contributed by atoms with Gasteiger partial charge in [0.2, 0.25) is 0 Å². The first-order valence-electron chi connectivity index (χ1n) is 13.5. The van der Waals surface area contributed by atoms with Gasteiger partial charge in [0.15, 0.2) is 0 Å². The van der Waals surface area contributed by atoms with Gasteiger partial charge >= 0.3 is 0 Å². The molecule has 3 N–H and O–H groups in total. The number of allylic oxidation sites excluding steroid dienone is 1. The van der Waals surface area contributed by atoms with E-state index in [9.17, 15) is 18.5 Å². The Labute approximate surface area is 242 Å². The number of nitro groups is 1. The molecular formula is C29H41N5O4S2. The average molecular weight is 588 g/mol. The predicted octanol–water partition coefficient (Wildman–Crippen LogP) is 5.83. The van der Waals surface area contributed by atoms with Crippen LogP contribution in [-0.4, -0.2) is 51.8 Å². The molecule has 9 nitrogen and oxygen atoms in total. The van der Waals surface area contributed by atoms with Crippen LogP contribution in [0.5, 0.6) is 0 Å². The third-order valence-electron chi connectivity index (χ3n) is 7.06. The Morgan fingerprint density at radius 2 is 1.88 bits per heavy atom. The molecule has 0 bridgehead atoms. The Kier molecular flexibility index (Phi) is 11.1. The summed E-state index contributed by atoms with van der Waals surface area (Å²) >= 11 is 1.61. The van der Waals surface area contributed by atoms with Gasteiger partial charge in [-0.1, -0.05) is 38.6 Å². The smallest absolute Gasteiger partial charge is 0.293 e. The molecule has 0 unspecified atom stereocenters. The summed E-state index contributed by atoms with van der Waals surface area (Å²) < 4.78 is 28.8. The van der Waals surface area contributed by atoms with Crippen LogP contribution < -0.4 is 20.3 Å². The SMILES string of the molecule is C=C(NS(=O)(=O)c1ccc(N[C@H](CCNC)CS/C=C/C)c([N+](=O)[O-])c1)c1ccc(N2CCC(C)(C)CC2)cc1. The lowest BCUT2D eigenvalue weighted by Gasteiger charge is -2.38. The minimum Gasteiger partial charge on any atom is -0.376 e. The molecular weight excluding hydrogens is 546 g/mol. The van der Waals surface area contributed by atoms with Gasteiger partial charge in [-0.05, 0) is 80.4 Å². The Morgan fingerprint density at radius 1 is 1.20 bits per heavy atom. The van der Waals surface area contributed by atoms with Crippen molar-refractivity contribution in [3.8, 4) is 0 Å². The number of nitrogens with one attached hydrogen (secondary N) is 3. The lowest BCUT2D eigenvalue weighted by atomic mass is 9.82. The van der Waals surface area contributed by atoms with E-state index in [-0.39, 0.29) is 28.0 Å². The van der Waals surface area contributed by atoms with Gasteiger partial charge in [0.25, 0.3) is 15.7 Å². The number of benzene rings is 2. The predicted molar refractivity (Wildman–Crippen MR) is 167 cm³/mol. The number of nitrogens with zero attached hydrogens (tertiary/aromatic N) is 2. The first-order valence-corrected chi connectivity index (χ1v) is 16.0. The molecule has 1 heterocycles. The average Bonchev–Trinajstić information content (AvgIpc) is 2.91. The van der Waals surface area contributed by atoms with Gasteiger partial charge in [-0.25, -0.2) is 8.42 Å². The molecule has 0 amide bonds. The highest BCUT2D eigenvalue weighted by molar-refractivity contribution is 8.02. The zero-order chi connectivity index (χ0) is 29.3. The highest BCUT2D eigenvalue weighted by Gasteiger charge is 2.26. The molecule has 0 aromatic heterocycles. The van der Waals surface area contributed by atoms with Gasteiger partial charge in [-0.2, -0.15) is 0 Å². The molecule has 1 saturated heterocycles. The molecule has 1 atom stereocenters. The van der Waals surface area contributed by atoms with E-state index in [1.54, 1.807) is 11.8 Å². The second-order valence-electron chi connectivity index (χ2n) is 10.8. The fourth-order valence-corrected chi connectivity index (χ4v) is 6.34. The van der Waals surface area contributed by atoms with Crippen molar-refractivity contribution >= 4 is 44.5 Å². The van der Waals surface area contributed by atoms with Gasteiger partial charge in [-0.3, -0.25) is 14.8 Å². The molecule has 2 aromatic rings. The summed E-state index contributed by atoms with van der Waals surface area (Å²) in [6, 6.07) is 11.5. The van der Waals surface area contributed by atoms with Gasteiger partial charge < -0.3 is 15.5 Å². The topological polar surface area (TPSA) is 117 Å². The number of anilines is 2. The minimum atomic E-state index is -4.10. The molecule has 1 aliphatic rings. The van der Waals surface area contributed by atoms with E-state index in [1.165, 1.54) is 12.1 Å². The van der Waals surface area contributed by atoms with Crippen molar-refractivity contribution in [3.63, 3.8) is 0 Å². The molecule has 11 heteroatoms. The van der Waals surface area contributed by atoms with Crippen molar-refractivity contribution < 1.29 is 13.3 Å². The van der Waals surface area contributed by atoms with E-state index < -0.39 is 14.9 Å². The van der Waals surface area contributed by atoms with E-state index in [1.807, 2.05) is 49.7 Å². The lowest BCUT2D eigenvalue weighted by Crippen LogP contribution is -2.37. The molecule has 0 saturated carbocycles. The molecule has 0 aliphatic carbocycles. The van der Waals surface area contributed by atoms with Crippen LogP contribution in [0.2, 0.25) is 0 Å². The van der Waals surface area contributed by atoms with Gasteiger partial charge in [0.05, 0.1) is 9.82 Å². The second kappa shape index (κ2) is 14.0. The molecule has 0 radical (unpaired) electrons. The highest BCUT2D eigenvalue weighted by Crippen LogP contribution is 2.33. The molecule has 2 aromatic carbocycles. The van der Waals surface area contributed by atoms with Crippen molar-refractivity contribution in [3.05, 3.63) is 76.2 Å². The Morgan fingerprint density at radius 3 is 2.48 bits per heavy atom.